The lowest BCUT2D eigenvalue weighted by molar-refractivity contribution is 0.0366. The first-order valence-corrected chi connectivity index (χ1v) is 9.58. The van der Waals surface area contributed by atoms with Gasteiger partial charge in [0, 0.05) is 26.2 Å². The van der Waals surface area contributed by atoms with E-state index in [0.717, 1.165) is 56.2 Å². The molecule has 7 heteroatoms. The maximum Gasteiger partial charge on any atom is 0.246 e. The lowest BCUT2D eigenvalue weighted by Gasteiger charge is -2.26. The van der Waals surface area contributed by atoms with E-state index in [2.05, 4.69) is 15.5 Å². The Labute approximate surface area is 162 Å². The number of morpholine rings is 1. The smallest absolute Gasteiger partial charge is 0.246 e. The topological polar surface area (TPSA) is 64.9 Å². The zero-order valence-corrected chi connectivity index (χ0v) is 15.8. The number of rotatable bonds is 5. The minimum Gasteiger partial charge on any atom is -0.461 e. The summed E-state index contributed by atoms with van der Waals surface area (Å²) in [4.78, 5) is 20.2. The van der Waals surface area contributed by atoms with Gasteiger partial charge in [-0.05, 0) is 31.2 Å². The van der Waals surface area contributed by atoms with E-state index in [-0.39, 0.29) is 5.78 Å². The molecule has 0 spiro atoms. The van der Waals surface area contributed by atoms with Crippen molar-refractivity contribution in [2.24, 2.45) is 0 Å². The number of ketones is 1. The molecular formula is C21H22N4O3. The van der Waals surface area contributed by atoms with Crippen molar-refractivity contribution in [3.05, 3.63) is 59.8 Å². The average molecular weight is 378 g/mol. The summed E-state index contributed by atoms with van der Waals surface area (Å²) in [6.45, 7) is 7.08. The lowest BCUT2D eigenvalue weighted by atomic mass is 10.2. The molecule has 7 nitrogen and oxygen atoms in total. The molecule has 0 aliphatic carbocycles. The number of nitrogens with zero attached hydrogens (tertiary/aromatic N) is 4. The van der Waals surface area contributed by atoms with Gasteiger partial charge >= 0.3 is 0 Å². The molecule has 0 radical (unpaired) electrons. The van der Waals surface area contributed by atoms with Gasteiger partial charge in [-0.3, -0.25) is 14.1 Å². The molecule has 0 atom stereocenters. The second-order valence-electron chi connectivity index (χ2n) is 7.08. The first-order chi connectivity index (χ1) is 13.7. The summed E-state index contributed by atoms with van der Waals surface area (Å²) >= 11 is 0. The van der Waals surface area contributed by atoms with Crippen molar-refractivity contribution in [2.75, 3.05) is 32.8 Å². The molecule has 1 fully saturated rings. The molecule has 28 heavy (non-hydrogen) atoms. The molecule has 4 aromatic rings. The fourth-order valence-electron chi connectivity index (χ4n) is 3.99. The Morgan fingerprint density at radius 1 is 1.07 bits per heavy atom. The number of para-hydroxylation sites is 2. The fraction of sp³-hybridized carbons (Fsp3) is 0.333. The van der Waals surface area contributed by atoms with E-state index in [1.807, 2.05) is 29.5 Å². The number of carbonyl (C=O) groups is 1. The summed E-state index contributed by atoms with van der Waals surface area (Å²) in [6.07, 6.45) is 1.52. The molecule has 144 valence electrons. The highest BCUT2D eigenvalue weighted by atomic mass is 16.5. The van der Waals surface area contributed by atoms with Gasteiger partial charge in [0.05, 0.1) is 36.2 Å². The first-order valence-electron chi connectivity index (χ1n) is 9.58. The predicted octanol–water partition coefficient (Wildman–Crippen LogP) is 2.75. The van der Waals surface area contributed by atoms with E-state index < -0.39 is 0 Å². The molecule has 1 aromatic carbocycles. The lowest BCUT2D eigenvalue weighted by Crippen LogP contribution is -2.38. The number of hydrogen-bond acceptors (Lipinski definition) is 5. The molecule has 4 heterocycles. The Hall–Kier alpha value is -2.90. The van der Waals surface area contributed by atoms with Crippen LogP contribution in [-0.2, 0) is 11.3 Å². The van der Waals surface area contributed by atoms with Crippen LogP contribution in [0.2, 0.25) is 0 Å². The summed E-state index contributed by atoms with van der Waals surface area (Å²) in [5.41, 5.74) is 3.33. The largest absolute Gasteiger partial charge is 0.461 e. The van der Waals surface area contributed by atoms with Gasteiger partial charge in [-0.15, -0.1) is 0 Å². The zero-order chi connectivity index (χ0) is 19.1. The van der Waals surface area contributed by atoms with Crippen LogP contribution in [-0.4, -0.2) is 57.5 Å². The summed E-state index contributed by atoms with van der Waals surface area (Å²) in [7, 11) is 0. The normalized spacial score (nSPS) is 15.6. The van der Waals surface area contributed by atoms with Crippen LogP contribution in [0.1, 0.15) is 21.9 Å². The van der Waals surface area contributed by atoms with E-state index in [1.54, 1.807) is 12.1 Å². The van der Waals surface area contributed by atoms with Crippen molar-refractivity contribution in [3.63, 3.8) is 0 Å². The predicted molar refractivity (Wildman–Crippen MR) is 105 cm³/mol. The van der Waals surface area contributed by atoms with Crippen LogP contribution in [0.3, 0.4) is 0 Å². The van der Waals surface area contributed by atoms with Crippen molar-refractivity contribution >= 4 is 22.6 Å². The van der Waals surface area contributed by atoms with Crippen LogP contribution >= 0.6 is 0 Å². The second kappa shape index (κ2) is 6.92. The third kappa shape index (κ3) is 2.75. The quantitative estimate of drug-likeness (QED) is 0.500. The van der Waals surface area contributed by atoms with Crippen molar-refractivity contribution in [1.82, 2.24) is 18.9 Å². The monoisotopic (exact) mass is 378 g/mol. The molecule has 5 rings (SSSR count). The molecule has 1 saturated heterocycles. The van der Waals surface area contributed by atoms with Gasteiger partial charge in [-0.2, -0.15) is 0 Å². The summed E-state index contributed by atoms with van der Waals surface area (Å²) in [5, 5.41) is 0. The third-order valence-corrected chi connectivity index (χ3v) is 5.39. The summed E-state index contributed by atoms with van der Waals surface area (Å²) < 4.78 is 15.0. The molecule has 0 saturated carbocycles. The summed E-state index contributed by atoms with van der Waals surface area (Å²) in [5.74, 6) is 0.975. The average Bonchev–Trinajstić information content (AvgIpc) is 3.43. The van der Waals surface area contributed by atoms with Gasteiger partial charge in [0.2, 0.25) is 11.6 Å². The number of imidazole rings is 2. The maximum absolute atomic E-state index is 13.1. The molecule has 0 amide bonds. The van der Waals surface area contributed by atoms with Crippen LogP contribution in [0.5, 0.6) is 0 Å². The molecule has 1 aliphatic rings. The van der Waals surface area contributed by atoms with E-state index in [0.29, 0.717) is 17.1 Å². The van der Waals surface area contributed by atoms with Crippen LogP contribution in [0, 0.1) is 6.92 Å². The fourth-order valence-corrected chi connectivity index (χ4v) is 3.99. The standard InChI is InChI=1S/C21H22N4O3/c1-15-19(20(26)18-7-4-12-28-18)25-17-6-3-2-5-16(17)24(21(25)22-15)9-8-23-10-13-27-14-11-23/h2-7,12H,8-11,13-14H2,1H3. The summed E-state index contributed by atoms with van der Waals surface area (Å²) in [6, 6.07) is 11.6. The number of aryl methyl sites for hydroxylation is 1. The van der Waals surface area contributed by atoms with E-state index in [1.165, 1.54) is 6.26 Å². The molecular weight excluding hydrogens is 356 g/mol. The molecule has 3 aromatic heterocycles. The van der Waals surface area contributed by atoms with Crippen molar-refractivity contribution in [2.45, 2.75) is 13.5 Å². The van der Waals surface area contributed by atoms with Gasteiger partial charge in [0.25, 0.3) is 0 Å². The molecule has 0 bridgehead atoms. The Morgan fingerprint density at radius 3 is 2.61 bits per heavy atom. The second-order valence-corrected chi connectivity index (χ2v) is 7.08. The Bertz CT molecular complexity index is 1130. The Morgan fingerprint density at radius 2 is 1.86 bits per heavy atom. The molecule has 0 N–H and O–H groups in total. The number of benzene rings is 1. The van der Waals surface area contributed by atoms with Crippen molar-refractivity contribution in [3.8, 4) is 0 Å². The Kier molecular flexibility index (Phi) is 4.26. The highest BCUT2D eigenvalue weighted by Crippen LogP contribution is 2.26. The van der Waals surface area contributed by atoms with Gasteiger partial charge in [0.1, 0.15) is 5.69 Å². The third-order valence-electron chi connectivity index (χ3n) is 5.39. The number of carbonyl (C=O) groups excluding carboxylic acids is 1. The van der Waals surface area contributed by atoms with Crippen LogP contribution in [0.15, 0.2) is 47.1 Å². The minimum absolute atomic E-state index is 0.147. The number of ether oxygens (including phenoxy) is 1. The van der Waals surface area contributed by atoms with Crippen molar-refractivity contribution in [1.29, 1.82) is 0 Å². The minimum atomic E-state index is -0.147. The van der Waals surface area contributed by atoms with Gasteiger partial charge in [-0.1, -0.05) is 12.1 Å². The molecule has 0 unspecified atom stereocenters. The van der Waals surface area contributed by atoms with Crippen LogP contribution in [0.4, 0.5) is 0 Å². The van der Waals surface area contributed by atoms with Crippen molar-refractivity contribution < 1.29 is 13.9 Å². The van der Waals surface area contributed by atoms with Gasteiger partial charge < -0.3 is 13.7 Å². The van der Waals surface area contributed by atoms with Crippen LogP contribution in [0.25, 0.3) is 16.8 Å². The van der Waals surface area contributed by atoms with E-state index in [4.69, 9.17) is 14.1 Å². The van der Waals surface area contributed by atoms with Gasteiger partial charge in [-0.25, -0.2) is 4.98 Å². The highest BCUT2D eigenvalue weighted by molar-refractivity contribution is 6.08. The number of hydrogen-bond donors (Lipinski definition) is 0. The SMILES string of the molecule is Cc1nc2n(CCN3CCOCC3)c3ccccc3n2c1C(=O)c1ccco1. The van der Waals surface area contributed by atoms with Gasteiger partial charge in [0.15, 0.2) is 5.76 Å². The Balaban J connectivity index is 1.62. The number of furan rings is 1. The number of aromatic nitrogens is 3. The first kappa shape index (κ1) is 17.2. The van der Waals surface area contributed by atoms with E-state index >= 15 is 0 Å². The molecule has 1 aliphatic heterocycles. The highest BCUT2D eigenvalue weighted by Gasteiger charge is 2.25. The maximum atomic E-state index is 13.1. The van der Waals surface area contributed by atoms with Crippen LogP contribution < -0.4 is 0 Å². The number of fused-ring (bicyclic) bond motifs is 3. The van der Waals surface area contributed by atoms with E-state index in [9.17, 15) is 4.79 Å². The zero-order valence-electron chi connectivity index (χ0n) is 15.8.